The van der Waals surface area contributed by atoms with Crippen LogP contribution in [0.5, 0.6) is 0 Å². The van der Waals surface area contributed by atoms with Crippen molar-refractivity contribution < 1.29 is 4.92 Å². The fraction of sp³-hybridized carbons (Fsp3) is 0.600. The van der Waals surface area contributed by atoms with Crippen LogP contribution in [0.2, 0.25) is 0 Å². The molecule has 0 saturated carbocycles. The molecule has 98 valence electrons. The Morgan fingerprint density at radius 1 is 1.47 bits per heavy atom. The van der Waals surface area contributed by atoms with E-state index < -0.39 is 0 Å². The molecule has 0 unspecified atom stereocenters. The molecule has 0 aliphatic heterocycles. The zero-order valence-electron chi connectivity index (χ0n) is 10.0. The highest BCUT2D eigenvalue weighted by Crippen LogP contribution is 2.30. The molecule has 1 rings (SSSR count). The van der Waals surface area contributed by atoms with Gasteiger partial charge in [0.1, 0.15) is 5.69 Å². The lowest BCUT2D eigenvalue weighted by Gasteiger charge is -2.17. The van der Waals surface area contributed by atoms with Gasteiger partial charge in [-0.05, 0) is 24.5 Å². The molecule has 0 aliphatic carbocycles. The third-order valence-corrected chi connectivity index (χ3v) is 3.31. The fourth-order valence-electron chi connectivity index (χ4n) is 1.47. The third-order valence-electron chi connectivity index (χ3n) is 2.45. The van der Waals surface area contributed by atoms with Crippen LogP contribution in [0, 0.1) is 10.1 Å². The molecule has 0 saturated heterocycles. The molecule has 7 heteroatoms. The zero-order chi connectivity index (χ0) is 12.0. The molecule has 0 aromatic carbocycles. The molecule has 0 radical (unpaired) electrons. The van der Waals surface area contributed by atoms with Crippen LogP contribution in [0.15, 0.2) is 11.4 Å². The first-order chi connectivity index (χ1) is 7.69. The maximum Gasteiger partial charge on any atom is 0.347 e. The summed E-state index contributed by atoms with van der Waals surface area (Å²) in [5.41, 5.74) is 0.627. The molecule has 0 fully saturated rings. The molecule has 1 heterocycles. The number of hydrogen-bond acceptors (Lipinski definition) is 5. The molecular formula is C10H18ClN3O2S. The average Bonchev–Trinajstić information content (AvgIpc) is 2.72. The molecule has 1 N–H and O–H groups in total. The predicted octanol–water partition coefficient (Wildman–Crippen LogP) is 2.83. The summed E-state index contributed by atoms with van der Waals surface area (Å²) in [5, 5.41) is 15.7. The van der Waals surface area contributed by atoms with E-state index in [1.165, 1.54) is 0 Å². The summed E-state index contributed by atoms with van der Waals surface area (Å²) in [6, 6.07) is 1.75. The van der Waals surface area contributed by atoms with Crippen LogP contribution in [0.1, 0.15) is 13.8 Å². The van der Waals surface area contributed by atoms with E-state index in [2.05, 4.69) is 24.1 Å². The minimum atomic E-state index is -0.343. The summed E-state index contributed by atoms with van der Waals surface area (Å²) in [7, 11) is 0. The van der Waals surface area contributed by atoms with Crippen LogP contribution < -0.4 is 5.32 Å². The van der Waals surface area contributed by atoms with E-state index in [4.69, 9.17) is 0 Å². The number of likely N-dealkylation sites (N-methyl/N-ethyl adjacent to an activating group) is 1. The summed E-state index contributed by atoms with van der Waals surface area (Å²) < 4.78 is 0. The van der Waals surface area contributed by atoms with E-state index in [0.29, 0.717) is 5.69 Å². The Balaban J connectivity index is 0.00000256. The average molecular weight is 280 g/mol. The molecule has 0 bridgehead atoms. The van der Waals surface area contributed by atoms with Crippen molar-refractivity contribution >= 4 is 34.4 Å². The van der Waals surface area contributed by atoms with Crippen molar-refractivity contribution in [1.29, 1.82) is 0 Å². The lowest BCUT2D eigenvalue weighted by atomic mass is 10.4. The molecule has 0 amide bonds. The van der Waals surface area contributed by atoms with Crippen molar-refractivity contribution in [2.75, 3.05) is 31.5 Å². The van der Waals surface area contributed by atoms with Crippen LogP contribution in [0.25, 0.3) is 0 Å². The summed E-state index contributed by atoms with van der Waals surface area (Å²) in [4.78, 5) is 12.6. The van der Waals surface area contributed by atoms with Crippen molar-refractivity contribution in [2.24, 2.45) is 0 Å². The number of nitrogens with one attached hydrogen (secondary N) is 1. The fourth-order valence-corrected chi connectivity index (χ4v) is 2.15. The molecule has 5 nitrogen and oxygen atoms in total. The Hall–Kier alpha value is -0.850. The smallest absolute Gasteiger partial charge is 0.347 e. The van der Waals surface area contributed by atoms with Gasteiger partial charge in [-0.1, -0.05) is 25.2 Å². The maximum atomic E-state index is 10.7. The number of nitro groups is 1. The van der Waals surface area contributed by atoms with Gasteiger partial charge in [0, 0.05) is 13.1 Å². The van der Waals surface area contributed by atoms with Crippen LogP contribution >= 0.6 is 23.7 Å². The Morgan fingerprint density at radius 3 is 2.65 bits per heavy atom. The Labute approximate surface area is 111 Å². The predicted molar refractivity (Wildman–Crippen MR) is 74.5 cm³/mol. The summed E-state index contributed by atoms with van der Waals surface area (Å²) in [5.74, 6) is 0. The second-order valence-electron chi connectivity index (χ2n) is 3.35. The second-order valence-corrected chi connectivity index (χ2v) is 4.24. The van der Waals surface area contributed by atoms with Gasteiger partial charge in [0.25, 0.3) is 0 Å². The van der Waals surface area contributed by atoms with E-state index in [0.717, 1.165) is 37.5 Å². The zero-order valence-corrected chi connectivity index (χ0v) is 11.6. The normalized spacial score (nSPS) is 10.1. The van der Waals surface area contributed by atoms with Gasteiger partial charge in [0.15, 0.2) is 0 Å². The lowest BCUT2D eigenvalue weighted by Crippen LogP contribution is -2.28. The van der Waals surface area contributed by atoms with Gasteiger partial charge in [-0.2, -0.15) is 0 Å². The number of thiophene rings is 1. The van der Waals surface area contributed by atoms with Crippen molar-refractivity contribution in [2.45, 2.75) is 13.8 Å². The van der Waals surface area contributed by atoms with Crippen LogP contribution in [0.4, 0.5) is 10.7 Å². The number of nitrogens with zero attached hydrogens (tertiary/aromatic N) is 2. The van der Waals surface area contributed by atoms with Crippen molar-refractivity contribution in [3.8, 4) is 0 Å². The Kier molecular flexibility index (Phi) is 7.86. The molecular weight excluding hydrogens is 262 g/mol. The topological polar surface area (TPSA) is 58.4 Å². The Morgan fingerprint density at radius 2 is 2.12 bits per heavy atom. The van der Waals surface area contributed by atoms with E-state index in [1.54, 1.807) is 11.4 Å². The van der Waals surface area contributed by atoms with Gasteiger partial charge < -0.3 is 10.2 Å². The molecule has 0 aliphatic rings. The van der Waals surface area contributed by atoms with E-state index in [-0.39, 0.29) is 22.3 Å². The van der Waals surface area contributed by atoms with Gasteiger partial charge in [-0.25, -0.2) is 0 Å². The quantitative estimate of drug-likeness (QED) is 0.616. The van der Waals surface area contributed by atoms with Crippen LogP contribution in [-0.4, -0.2) is 36.0 Å². The number of hydrogen-bond donors (Lipinski definition) is 1. The number of rotatable bonds is 7. The van der Waals surface area contributed by atoms with Gasteiger partial charge in [0.05, 0.1) is 4.92 Å². The molecule has 0 atom stereocenters. The highest BCUT2D eigenvalue weighted by atomic mass is 35.5. The summed E-state index contributed by atoms with van der Waals surface area (Å²) in [6.45, 7) is 7.86. The summed E-state index contributed by atoms with van der Waals surface area (Å²) in [6.07, 6.45) is 0. The van der Waals surface area contributed by atoms with Gasteiger partial charge in [-0.3, -0.25) is 10.1 Å². The first-order valence-electron chi connectivity index (χ1n) is 5.37. The van der Waals surface area contributed by atoms with Crippen molar-refractivity contribution in [3.05, 3.63) is 21.6 Å². The maximum absolute atomic E-state index is 10.7. The molecule has 17 heavy (non-hydrogen) atoms. The molecule has 1 aromatic rings. The highest BCUT2D eigenvalue weighted by Gasteiger charge is 2.14. The van der Waals surface area contributed by atoms with E-state index >= 15 is 0 Å². The molecule has 1 aromatic heterocycles. The van der Waals surface area contributed by atoms with Crippen LogP contribution in [0.3, 0.4) is 0 Å². The molecule has 0 spiro atoms. The first kappa shape index (κ1) is 16.1. The van der Waals surface area contributed by atoms with Crippen molar-refractivity contribution in [1.82, 2.24) is 4.90 Å². The monoisotopic (exact) mass is 279 g/mol. The minimum absolute atomic E-state index is 0. The van der Waals surface area contributed by atoms with Crippen molar-refractivity contribution in [3.63, 3.8) is 0 Å². The standard InChI is InChI=1S/C10H17N3O2S.ClH/c1-3-12(4-2)7-6-11-9-5-8-16-10(9)13(14)15;/h5,8,11H,3-4,6-7H2,1-2H3;1H. The summed E-state index contributed by atoms with van der Waals surface area (Å²) >= 11 is 1.15. The lowest BCUT2D eigenvalue weighted by molar-refractivity contribution is -0.379. The number of anilines is 1. The van der Waals surface area contributed by atoms with Crippen LogP contribution in [-0.2, 0) is 0 Å². The SMILES string of the molecule is CCN(CC)CCNc1ccsc1[N+](=O)[O-].Cl. The number of halogens is 1. The Bertz CT molecular complexity index is 342. The second kappa shape index (κ2) is 8.27. The third kappa shape index (κ3) is 4.89. The minimum Gasteiger partial charge on any atom is -0.377 e. The van der Waals surface area contributed by atoms with E-state index in [9.17, 15) is 10.1 Å². The first-order valence-corrected chi connectivity index (χ1v) is 6.25. The van der Waals surface area contributed by atoms with Gasteiger partial charge in [-0.15, -0.1) is 12.4 Å². The highest BCUT2D eigenvalue weighted by molar-refractivity contribution is 7.14. The van der Waals surface area contributed by atoms with Gasteiger partial charge in [0.2, 0.25) is 0 Å². The largest absolute Gasteiger partial charge is 0.377 e. The van der Waals surface area contributed by atoms with Gasteiger partial charge >= 0.3 is 5.00 Å². The van der Waals surface area contributed by atoms with E-state index in [1.807, 2.05) is 0 Å².